The lowest BCUT2D eigenvalue weighted by molar-refractivity contribution is 0.183. The van der Waals surface area contributed by atoms with Gasteiger partial charge in [-0.05, 0) is 30.5 Å². The van der Waals surface area contributed by atoms with Crippen LogP contribution in [-0.4, -0.2) is 24.0 Å². The van der Waals surface area contributed by atoms with E-state index in [-0.39, 0.29) is 6.03 Å². The molecule has 1 saturated heterocycles. The van der Waals surface area contributed by atoms with Gasteiger partial charge in [0.05, 0.1) is 11.5 Å². The molecule has 1 aliphatic heterocycles. The van der Waals surface area contributed by atoms with Crippen molar-refractivity contribution in [2.75, 3.05) is 18.4 Å². The van der Waals surface area contributed by atoms with E-state index in [4.69, 9.17) is 0 Å². The number of rotatable bonds is 2. The number of benzene rings is 2. The molecule has 0 radical (unpaired) electrons. The Kier molecular flexibility index (Phi) is 4.29. The average Bonchev–Trinajstić information content (AvgIpc) is 2.63. The molecule has 0 saturated carbocycles. The van der Waals surface area contributed by atoms with Gasteiger partial charge in [-0.15, -0.1) is 0 Å². The molecule has 2 amide bonds. The van der Waals surface area contributed by atoms with E-state index < -0.39 is 5.41 Å². The second-order valence-electron chi connectivity index (χ2n) is 5.84. The molecule has 4 heteroatoms. The van der Waals surface area contributed by atoms with Crippen molar-refractivity contribution in [2.24, 2.45) is 0 Å². The van der Waals surface area contributed by atoms with E-state index in [1.165, 1.54) is 0 Å². The monoisotopic (exact) mass is 305 g/mol. The number of urea groups is 1. The molecule has 1 fully saturated rings. The zero-order valence-electron chi connectivity index (χ0n) is 12.9. The molecule has 0 aliphatic carbocycles. The van der Waals surface area contributed by atoms with E-state index in [2.05, 4.69) is 11.4 Å². The van der Waals surface area contributed by atoms with Crippen molar-refractivity contribution in [3.05, 3.63) is 66.2 Å². The van der Waals surface area contributed by atoms with Crippen LogP contribution >= 0.6 is 0 Å². The number of para-hydroxylation sites is 1. The van der Waals surface area contributed by atoms with Gasteiger partial charge in [0.15, 0.2) is 0 Å². The minimum absolute atomic E-state index is 0.101. The first-order valence-electron chi connectivity index (χ1n) is 7.81. The maximum absolute atomic E-state index is 12.3. The number of nitrogens with zero attached hydrogens (tertiary/aromatic N) is 2. The first kappa shape index (κ1) is 15.1. The van der Waals surface area contributed by atoms with Crippen LogP contribution < -0.4 is 5.32 Å². The van der Waals surface area contributed by atoms with Crippen LogP contribution in [0.5, 0.6) is 0 Å². The molecular formula is C19H19N3O. The van der Waals surface area contributed by atoms with Crippen LogP contribution in [0.15, 0.2) is 60.7 Å². The summed E-state index contributed by atoms with van der Waals surface area (Å²) < 4.78 is 0. The van der Waals surface area contributed by atoms with Crippen molar-refractivity contribution in [3.63, 3.8) is 0 Å². The number of piperidine rings is 1. The fraction of sp³-hybridized carbons (Fsp3) is 0.263. The van der Waals surface area contributed by atoms with Crippen LogP contribution in [0.3, 0.4) is 0 Å². The summed E-state index contributed by atoms with van der Waals surface area (Å²) in [5.74, 6) is 0. The minimum atomic E-state index is -0.481. The Morgan fingerprint density at radius 1 is 1.00 bits per heavy atom. The highest BCUT2D eigenvalue weighted by Gasteiger charge is 2.37. The summed E-state index contributed by atoms with van der Waals surface area (Å²) in [7, 11) is 0. The van der Waals surface area contributed by atoms with Gasteiger partial charge in [-0.25, -0.2) is 4.79 Å². The van der Waals surface area contributed by atoms with Crippen LogP contribution in [0.4, 0.5) is 10.5 Å². The van der Waals surface area contributed by atoms with Gasteiger partial charge in [0.25, 0.3) is 0 Å². The molecule has 116 valence electrons. The second-order valence-corrected chi connectivity index (χ2v) is 5.84. The molecule has 2 aromatic carbocycles. The van der Waals surface area contributed by atoms with E-state index in [0.717, 1.165) is 11.3 Å². The molecule has 4 nitrogen and oxygen atoms in total. The molecule has 1 heterocycles. The van der Waals surface area contributed by atoms with Crippen LogP contribution in [0.2, 0.25) is 0 Å². The Labute approximate surface area is 136 Å². The van der Waals surface area contributed by atoms with Crippen LogP contribution in [-0.2, 0) is 5.41 Å². The average molecular weight is 305 g/mol. The smallest absolute Gasteiger partial charge is 0.321 e. The molecule has 0 unspecified atom stereocenters. The largest absolute Gasteiger partial charge is 0.324 e. The van der Waals surface area contributed by atoms with Gasteiger partial charge >= 0.3 is 6.03 Å². The minimum Gasteiger partial charge on any atom is -0.324 e. The number of nitriles is 1. The third-order valence-electron chi connectivity index (χ3n) is 4.47. The molecule has 3 rings (SSSR count). The van der Waals surface area contributed by atoms with Gasteiger partial charge in [0.2, 0.25) is 0 Å². The van der Waals surface area contributed by atoms with Crippen molar-refractivity contribution >= 4 is 11.7 Å². The third-order valence-corrected chi connectivity index (χ3v) is 4.47. The summed E-state index contributed by atoms with van der Waals surface area (Å²) in [5, 5.41) is 12.6. The standard InChI is InChI=1S/C19H19N3O/c20-15-19(16-7-3-1-4-8-16)11-13-22(14-12-19)18(23)21-17-9-5-2-6-10-17/h1-10H,11-14H2,(H,21,23). The molecular weight excluding hydrogens is 286 g/mol. The van der Waals surface area contributed by atoms with Gasteiger partial charge in [0.1, 0.15) is 0 Å². The highest BCUT2D eigenvalue weighted by atomic mass is 16.2. The lowest BCUT2D eigenvalue weighted by Gasteiger charge is -2.37. The second kappa shape index (κ2) is 6.53. The molecule has 0 atom stereocenters. The quantitative estimate of drug-likeness (QED) is 0.918. The molecule has 0 aromatic heterocycles. The highest BCUT2D eigenvalue weighted by molar-refractivity contribution is 5.89. The molecule has 2 aromatic rings. The third kappa shape index (κ3) is 3.19. The number of hydrogen-bond donors (Lipinski definition) is 1. The Morgan fingerprint density at radius 2 is 1.57 bits per heavy atom. The van der Waals surface area contributed by atoms with E-state index in [0.29, 0.717) is 25.9 Å². The van der Waals surface area contributed by atoms with Crippen molar-refractivity contribution in [2.45, 2.75) is 18.3 Å². The van der Waals surface area contributed by atoms with Crippen molar-refractivity contribution < 1.29 is 4.79 Å². The predicted molar refractivity (Wildman–Crippen MR) is 90.0 cm³/mol. The zero-order chi connectivity index (χ0) is 16.1. The lowest BCUT2D eigenvalue weighted by atomic mass is 9.74. The number of hydrogen-bond acceptors (Lipinski definition) is 2. The summed E-state index contributed by atoms with van der Waals surface area (Å²) in [4.78, 5) is 14.1. The van der Waals surface area contributed by atoms with E-state index in [1.54, 1.807) is 4.90 Å². The van der Waals surface area contributed by atoms with Crippen molar-refractivity contribution in [1.82, 2.24) is 4.90 Å². The maximum Gasteiger partial charge on any atom is 0.321 e. The Hall–Kier alpha value is -2.80. The van der Waals surface area contributed by atoms with Crippen LogP contribution in [0.25, 0.3) is 0 Å². The van der Waals surface area contributed by atoms with Crippen molar-refractivity contribution in [1.29, 1.82) is 5.26 Å². The zero-order valence-corrected chi connectivity index (χ0v) is 12.9. The van der Waals surface area contributed by atoms with Crippen LogP contribution in [0.1, 0.15) is 18.4 Å². The Morgan fingerprint density at radius 3 is 2.13 bits per heavy atom. The lowest BCUT2D eigenvalue weighted by Crippen LogP contribution is -2.46. The molecule has 0 spiro atoms. The van der Waals surface area contributed by atoms with E-state index in [9.17, 15) is 10.1 Å². The number of carbonyl (C=O) groups is 1. The Balaban J connectivity index is 1.66. The number of carbonyl (C=O) groups excluding carboxylic acids is 1. The van der Waals surface area contributed by atoms with Gasteiger partial charge in [0, 0.05) is 18.8 Å². The first-order valence-corrected chi connectivity index (χ1v) is 7.81. The molecule has 1 N–H and O–H groups in total. The number of anilines is 1. The van der Waals surface area contributed by atoms with Crippen molar-refractivity contribution in [3.8, 4) is 6.07 Å². The molecule has 1 aliphatic rings. The molecule has 23 heavy (non-hydrogen) atoms. The fourth-order valence-corrected chi connectivity index (χ4v) is 3.04. The SMILES string of the molecule is N#CC1(c2ccccc2)CCN(C(=O)Nc2ccccc2)CC1. The number of amides is 2. The van der Waals surface area contributed by atoms with Gasteiger partial charge in [-0.3, -0.25) is 0 Å². The van der Waals surface area contributed by atoms with E-state index in [1.807, 2.05) is 60.7 Å². The summed E-state index contributed by atoms with van der Waals surface area (Å²) in [5.41, 5.74) is 1.36. The highest BCUT2D eigenvalue weighted by Crippen LogP contribution is 2.34. The summed E-state index contributed by atoms with van der Waals surface area (Å²) in [6.07, 6.45) is 1.32. The summed E-state index contributed by atoms with van der Waals surface area (Å²) in [6.45, 7) is 1.17. The van der Waals surface area contributed by atoms with Crippen LogP contribution in [0, 0.1) is 11.3 Å². The summed E-state index contributed by atoms with van der Waals surface area (Å²) >= 11 is 0. The van der Waals surface area contributed by atoms with Gasteiger partial charge in [-0.1, -0.05) is 48.5 Å². The summed E-state index contributed by atoms with van der Waals surface area (Å²) in [6, 6.07) is 21.7. The number of nitrogens with one attached hydrogen (secondary N) is 1. The fourth-order valence-electron chi connectivity index (χ4n) is 3.04. The maximum atomic E-state index is 12.3. The molecule has 0 bridgehead atoms. The predicted octanol–water partition coefficient (Wildman–Crippen LogP) is 3.78. The first-order chi connectivity index (χ1) is 11.2. The van der Waals surface area contributed by atoms with E-state index >= 15 is 0 Å². The normalized spacial score (nSPS) is 16.4. The topological polar surface area (TPSA) is 56.1 Å². The van der Waals surface area contributed by atoms with Gasteiger partial charge in [-0.2, -0.15) is 5.26 Å². The van der Waals surface area contributed by atoms with Gasteiger partial charge < -0.3 is 10.2 Å². The number of likely N-dealkylation sites (tertiary alicyclic amines) is 1. The Bertz CT molecular complexity index is 698.